The van der Waals surface area contributed by atoms with Gasteiger partial charge in [0, 0.05) is 25.6 Å². The number of hydrogen-bond donors (Lipinski definition) is 2. The lowest BCUT2D eigenvalue weighted by molar-refractivity contribution is -0.120. The van der Waals surface area contributed by atoms with Crippen LogP contribution in [0.2, 0.25) is 0 Å². The van der Waals surface area contributed by atoms with Crippen LogP contribution in [-0.4, -0.2) is 50.1 Å². The summed E-state index contributed by atoms with van der Waals surface area (Å²) in [6.07, 6.45) is 5.53. The first-order valence-electron chi connectivity index (χ1n) is 6.81. The normalized spacial score (nSPS) is 23.4. The van der Waals surface area contributed by atoms with E-state index in [1.54, 1.807) is 7.05 Å². The van der Waals surface area contributed by atoms with Crippen LogP contribution in [-0.2, 0) is 4.79 Å². The molecule has 0 aromatic heterocycles. The average Bonchev–Trinajstić information content (AvgIpc) is 2.38. The number of likely N-dealkylation sites (N-methyl/N-ethyl adjacent to an activating group) is 1. The quantitative estimate of drug-likeness (QED) is 0.728. The predicted molar refractivity (Wildman–Crippen MR) is 71.0 cm³/mol. The monoisotopic (exact) mass is 241 g/mol. The molecule has 0 saturated carbocycles. The van der Waals surface area contributed by atoms with E-state index in [0.29, 0.717) is 18.5 Å². The van der Waals surface area contributed by atoms with Gasteiger partial charge in [-0.2, -0.15) is 0 Å². The molecule has 4 heteroatoms. The van der Waals surface area contributed by atoms with E-state index in [2.05, 4.69) is 22.5 Å². The van der Waals surface area contributed by atoms with Crippen molar-refractivity contribution in [2.45, 2.75) is 51.1 Å². The Balaban J connectivity index is 2.35. The van der Waals surface area contributed by atoms with Crippen LogP contribution in [0.5, 0.6) is 0 Å². The maximum absolute atomic E-state index is 11.2. The van der Waals surface area contributed by atoms with Gasteiger partial charge in [0.05, 0.1) is 0 Å². The van der Waals surface area contributed by atoms with Gasteiger partial charge in [-0.1, -0.05) is 6.42 Å². The summed E-state index contributed by atoms with van der Waals surface area (Å²) in [6.45, 7) is 4.48. The number of rotatable bonds is 6. The Hall–Kier alpha value is -0.610. The van der Waals surface area contributed by atoms with Gasteiger partial charge in [0.2, 0.25) is 5.91 Å². The van der Waals surface area contributed by atoms with E-state index in [1.807, 2.05) is 7.05 Å². The highest BCUT2D eigenvalue weighted by atomic mass is 16.1. The minimum Gasteiger partial charge on any atom is -0.359 e. The van der Waals surface area contributed by atoms with Gasteiger partial charge >= 0.3 is 0 Å². The van der Waals surface area contributed by atoms with E-state index in [-0.39, 0.29) is 5.91 Å². The number of amides is 1. The van der Waals surface area contributed by atoms with Crippen molar-refractivity contribution < 1.29 is 4.79 Å². The molecule has 1 amide bonds. The third-order valence-electron chi connectivity index (χ3n) is 3.82. The SMILES string of the molecule is CNC(=O)CCCN1CCCCC1C(C)NC. The molecule has 2 atom stereocenters. The highest BCUT2D eigenvalue weighted by Crippen LogP contribution is 2.20. The molecule has 4 nitrogen and oxygen atoms in total. The number of carbonyl (C=O) groups excluding carboxylic acids is 1. The number of carbonyl (C=O) groups is 1. The molecule has 17 heavy (non-hydrogen) atoms. The van der Waals surface area contributed by atoms with Crippen LogP contribution in [0.25, 0.3) is 0 Å². The number of nitrogens with zero attached hydrogens (tertiary/aromatic N) is 1. The first kappa shape index (κ1) is 14.5. The Morgan fingerprint density at radius 1 is 1.41 bits per heavy atom. The van der Waals surface area contributed by atoms with Crippen molar-refractivity contribution in [3.05, 3.63) is 0 Å². The summed E-state index contributed by atoms with van der Waals surface area (Å²) in [5, 5.41) is 6.03. The third-order valence-corrected chi connectivity index (χ3v) is 3.82. The minimum atomic E-state index is 0.153. The zero-order chi connectivity index (χ0) is 12.7. The van der Waals surface area contributed by atoms with Crippen LogP contribution >= 0.6 is 0 Å². The molecular formula is C13H27N3O. The fourth-order valence-electron chi connectivity index (χ4n) is 2.62. The maximum atomic E-state index is 11.2. The Morgan fingerprint density at radius 2 is 2.18 bits per heavy atom. The van der Waals surface area contributed by atoms with Gasteiger partial charge in [-0.15, -0.1) is 0 Å². The Labute approximate surface area is 105 Å². The van der Waals surface area contributed by atoms with E-state index in [1.165, 1.54) is 25.8 Å². The summed E-state index contributed by atoms with van der Waals surface area (Å²) in [7, 11) is 3.73. The molecule has 1 saturated heterocycles. The molecule has 0 spiro atoms. The number of nitrogens with one attached hydrogen (secondary N) is 2. The van der Waals surface area contributed by atoms with Crippen molar-refractivity contribution in [1.29, 1.82) is 0 Å². The van der Waals surface area contributed by atoms with Gasteiger partial charge in [-0.3, -0.25) is 9.69 Å². The summed E-state index contributed by atoms with van der Waals surface area (Å²) in [6, 6.07) is 1.17. The van der Waals surface area contributed by atoms with Crippen molar-refractivity contribution in [3.63, 3.8) is 0 Å². The fraction of sp³-hybridized carbons (Fsp3) is 0.923. The lowest BCUT2D eigenvalue weighted by atomic mass is 9.96. The van der Waals surface area contributed by atoms with E-state index in [9.17, 15) is 4.79 Å². The standard InChI is InChI=1S/C13H27N3O/c1-11(14-2)12-7-4-5-9-16(12)10-6-8-13(17)15-3/h11-12,14H,4-10H2,1-3H3,(H,15,17). The molecule has 100 valence electrons. The Bertz CT molecular complexity index is 233. The largest absolute Gasteiger partial charge is 0.359 e. The van der Waals surface area contributed by atoms with Crippen LogP contribution < -0.4 is 10.6 Å². The van der Waals surface area contributed by atoms with Gasteiger partial charge < -0.3 is 10.6 Å². The number of hydrogen-bond acceptors (Lipinski definition) is 3. The highest BCUT2D eigenvalue weighted by Gasteiger charge is 2.25. The smallest absolute Gasteiger partial charge is 0.219 e. The van der Waals surface area contributed by atoms with Crippen molar-refractivity contribution in [3.8, 4) is 0 Å². The molecule has 0 bridgehead atoms. The van der Waals surface area contributed by atoms with Crippen LogP contribution in [0.1, 0.15) is 39.0 Å². The third kappa shape index (κ3) is 4.64. The second kappa shape index (κ2) is 7.67. The Morgan fingerprint density at radius 3 is 2.82 bits per heavy atom. The molecule has 1 rings (SSSR count). The molecule has 0 aromatic rings. The molecule has 0 radical (unpaired) electrons. The second-order valence-corrected chi connectivity index (χ2v) is 4.95. The summed E-state index contributed by atoms with van der Waals surface area (Å²) >= 11 is 0. The van der Waals surface area contributed by atoms with E-state index >= 15 is 0 Å². The molecule has 1 aliphatic rings. The first-order chi connectivity index (χ1) is 8.19. The minimum absolute atomic E-state index is 0.153. The van der Waals surface area contributed by atoms with Crippen molar-refractivity contribution in [2.75, 3.05) is 27.2 Å². The van der Waals surface area contributed by atoms with Gasteiger partial charge in [-0.25, -0.2) is 0 Å². The van der Waals surface area contributed by atoms with Gasteiger partial charge in [0.1, 0.15) is 0 Å². The molecule has 2 N–H and O–H groups in total. The van der Waals surface area contributed by atoms with Crippen molar-refractivity contribution in [2.24, 2.45) is 0 Å². The molecule has 0 aromatic carbocycles. The van der Waals surface area contributed by atoms with E-state index in [4.69, 9.17) is 0 Å². The lowest BCUT2D eigenvalue weighted by Gasteiger charge is -2.39. The van der Waals surface area contributed by atoms with Crippen molar-refractivity contribution in [1.82, 2.24) is 15.5 Å². The van der Waals surface area contributed by atoms with Gasteiger partial charge in [-0.05, 0) is 46.3 Å². The molecular weight excluding hydrogens is 214 g/mol. The summed E-state index contributed by atoms with van der Waals surface area (Å²) in [5.74, 6) is 0.153. The van der Waals surface area contributed by atoms with Crippen LogP contribution in [0.15, 0.2) is 0 Å². The predicted octanol–water partition coefficient (Wildman–Crippen LogP) is 0.975. The maximum Gasteiger partial charge on any atom is 0.219 e. The second-order valence-electron chi connectivity index (χ2n) is 4.95. The summed E-state index contributed by atoms with van der Waals surface area (Å²) < 4.78 is 0. The fourth-order valence-corrected chi connectivity index (χ4v) is 2.62. The topological polar surface area (TPSA) is 44.4 Å². The van der Waals surface area contributed by atoms with E-state index < -0.39 is 0 Å². The first-order valence-corrected chi connectivity index (χ1v) is 6.81. The van der Waals surface area contributed by atoms with Gasteiger partial charge in [0.25, 0.3) is 0 Å². The average molecular weight is 241 g/mol. The van der Waals surface area contributed by atoms with Crippen LogP contribution in [0, 0.1) is 0 Å². The lowest BCUT2D eigenvalue weighted by Crippen LogP contribution is -2.50. The Kier molecular flexibility index (Phi) is 6.52. The van der Waals surface area contributed by atoms with Crippen LogP contribution in [0.3, 0.4) is 0 Å². The van der Waals surface area contributed by atoms with Gasteiger partial charge in [0.15, 0.2) is 0 Å². The van der Waals surface area contributed by atoms with Crippen molar-refractivity contribution >= 4 is 5.91 Å². The molecule has 1 fully saturated rings. The molecule has 1 aliphatic heterocycles. The number of piperidine rings is 1. The molecule has 0 aliphatic carbocycles. The number of likely N-dealkylation sites (tertiary alicyclic amines) is 1. The summed E-state index contributed by atoms with van der Waals surface area (Å²) in [5.41, 5.74) is 0. The van der Waals surface area contributed by atoms with Crippen LogP contribution in [0.4, 0.5) is 0 Å². The zero-order valence-electron chi connectivity index (χ0n) is 11.5. The highest BCUT2D eigenvalue weighted by molar-refractivity contribution is 5.75. The van der Waals surface area contributed by atoms with E-state index in [0.717, 1.165) is 13.0 Å². The molecule has 1 heterocycles. The summed E-state index contributed by atoms with van der Waals surface area (Å²) in [4.78, 5) is 13.7. The zero-order valence-corrected chi connectivity index (χ0v) is 11.5. The molecule has 2 unspecified atom stereocenters.